The van der Waals surface area contributed by atoms with Gasteiger partial charge in [0.2, 0.25) is 11.8 Å². The molecule has 1 heterocycles. The monoisotopic (exact) mass is 346 g/mol. The number of amides is 2. The molecule has 0 radical (unpaired) electrons. The molecule has 0 saturated carbocycles. The van der Waals surface area contributed by atoms with E-state index in [1.165, 1.54) is 0 Å². The zero-order valence-corrected chi connectivity index (χ0v) is 14.9. The van der Waals surface area contributed by atoms with Crippen LogP contribution in [-0.2, 0) is 9.59 Å². The molecule has 2 amide bonds. The van der Waals surface area contributed by atoms with E-state index in [4.69, 9.17) is 5.41 Å². The smallest absolute Gasteiger partial charge is 0.249 e. The summed E-state index contributed by atoms with van der Waals surface area (Å²) >= 11 is 0. The van der Waals surface area contributed by atoms with Crippen LogP contribution in [0.3, 0.4) is 0 Å². The van der Waals surface area contributed by atoms with Crippen LogP contribution in [0.25, 0.3) is 0 Å². The van der Waals surface area contributed by atoms with Crippen molar-refractivity contribution in [3.8, 4) is 0 Å². The van der Waals surface area contributed by atoms with Gasteiger partial charge in [0.05, 0.1) is 13.0 Å². The molecule has 1 unspecified atom stereocenters. The lowest BCUT2D eigenvalue weighted by Crippen LogP contribution is -2.57. The second-order valence-electron chi connectivity index (χ2n) is 6.90. The second-order valence-corrected chi connectivity index (χ2v) is 6.90. The van der Waals surface area contributed by atoms with Gasteiger partial charge < -0.3 is 20.7 Å². The number of rotatable bonds is 7. The van der Waals surface area contributed by atoms with Crippen molar-refractivity contribution in [2.24, 2.45) is 5.41 Å². The molecule has 1 aliphatic rings. The summed E-state index contributed by atoms with van der Waals surface area (Å²) in [6.45, 7) is 3.92. The highest BCUT2D eigenvalue weighted by molar-refractivity contribution is 6.08. The Bertz CT molecular complexity index is 655. The molecule has 0 aliphatic carbocycles. The van der Waals surface area contributed by atoms with Gasteiger partial charge in [0.25, 0.3) is 0 Å². The minimum atomic E-state index is -0.766. The summed E-state index contributed by atoms with van der Waals surface area (Å²) in [5, 5.41) is 22.6. The lowest BCUT2D eigenvalue weighted by Gasteiger charge is -2.41. The highest BCUT2D eigenvalue weighted by atomic mass is 16.3. The largest absolute Gasteiger partial charge is 0.395 e. The fourth-order valence-electron chi connectivity index (χ4n) is 2.55. The summed E-state index contributed by atoms with van der Waals surface area (Å²) in [4.78, 5) is 26.3. The molecule has 1 atom stereocenters. The minimum absolute atomic E-state index is 0.105. The molecule has 4 N–H and O–H groups in total. The number of carbonyl (C=O) groups is 2. The fraction of sp³-hybridized carbons (Fsp3) is 0.500. The van der Waals surface area contributed by atoms with Gasteiger partial charge in [-0.3, -0.25) is 14.9 Å². The van der Waals surface area contributed by atoms with E-state index in [-0.39, 0.29) is 30.7 Å². The van der Waals surface area contributed by atoms with Gasteiger partial charge in [0, 0.05) is 36.1 Å². The zero-order valence-electron chi connectivity index (χ0n) is 14.9. The Morgan fingerprint density at radius 3 is 2.44 bits per heavy atom. The Morgan fingerprint density at radius 1 is 1.32 bits per heavy atom. The molecule has 0 bridgehead atoms. The van der Waals surface area contributed by atoms with Crippen LogP contribution >= 0.6 is 0 Å². The summed E-state index contributed by atoms with van der Waals surface area (Å²) in [6.07, 6.45) is 0.495. The summed E-state index contributed by atoms with van der Waals surface area (Å²) in [5.74, 6) is -0.850. The third-order valence-electron chi connectivity index (χ3n) is 4.62. The molecule has 0 spiro atoms. The maximum atomic E-state index is 12.3. The lowest BCUT2D eigenvalue weighted by molar-refractivity contribution is -0.131. The predicted molar refractivity (Wildman–Crippen MR) is 98.1 cm³/mol. The van der Waals surface area contributed by atoms with Crippen molar-refractivity contribution in [2.45, 2.75) is 32.7 Å². The number of imide groups is 1. The molecule has 1 aliphatic heterocycles. The SMILES string of the molecule is CNc1ccc(N2CCC2C(=O)NC(=O)CC(=N)C(C)(C)CO)cc1. The maximum absolute atomic E-state index is 12.3. The van der Waals surface area contributed by atoms with E-state index in [1.807, 2.05) is 36.2 Å². The number of aliphatic hydroxyl groups excluding tert-OH is 1. The van der Waals surface area contributed by atoms with Crippen molar-refractivity contribution in [1.82, 2.24) is 5.32 Å². The number of nitrogens with one attached hydrogen (secondary N) is 3. The van der Waals surface area contributed by atoms with Crippen molar-refractivity contribution in [2.75, 3.05) is 30.4 Å². The first-order chi connectivity index (χ1) is 11.8. The van der Waals surface area contributed by atoms with E-state index >= 15 is 0 Å². The Hall–Kier alpha value is -2.41. The predicted octanol–water partition coefficient (Wildman–Crippen LogP) is 1.38. The molecule has 0 aromatic heterocycles. The number of benzene rings is 1. The highest BCUT2D eigenvalue weighted by Gasteiger charge is 2.35. The fourth-order valence-corrected chi connectivity index (χ4v) is 2.55. The normalized spacial score (nSPS) is 16.8. The van der Waals surface area contributed by atoms with Crippen LogP contribution in [0, 0.1) is 10.8 Å². The van der Waals surface area contributed by atoms with Crippen molar-refractivity contribution in [1.29, 1.82) is 5.41 Å². The van der Waals surface area contributed by atoms with Gasteiger partial charge in [-0.1, -0.05) is 13.8 Å². The number of hydrogen-bond donors (Lipinski definition) is 4. The topological polar surface area (TPSA) is 106 Å². The minimum Gasteiger partial charge on any atom is -0.395 e. The van der Waals surface area contributed by atoms with Crippen LogP contribution in [0.2, 0.25) is 0 Å². The summed E-state index contributed by atoms with van der Waals surface area (Å²) in [6, 6.07) is 7.38. The van der Waals surface area contributed by atoms with Crippen LogP contribution < -0.4 is 15.5 Å². The van der Waals surface area contributed by atoms with Crippen LogP contribution in [0.5, 0.6) is 0 Å². The molecule has 25 heavy (non-hydrogen) atoms. The van der Waals surface area contributed by atoms with E-state index in [1.54, 1.807) is 13.8 Å². The third-order valence-corrected chi connectivity index (χ3v) is 4.62. The van der Waals surface area contributed by atoms with E-state index in [2.05, 4.69) is 10.6 Å². The van der Waals surface area contributed by atoms with Crippen molar-refractivity contribution in [3.63, 3.8) is 0 Å². The Balaban J connectivity index is 1.92. The number of anilines is 2. The van der Waals surface area contributed by atoms with Gasteiger partial charge in [0.15, 0.2) is 0 Å². The van der Waals surface area contributed by atoms with E-state index < -0.39 is 11.3 Å². The number of nitrogens with zero attached hydrogens (tertiary/aromatic N) is 1. The number of hydrogen-bond acceptors (Lipinski definition) is 6. The van der Waals surface area contributed by atoms with E-state index in [0.717, 1.165) is 17.9 Å². The molecule has 136 valence electrons. The van der Waals surface area contributed by atoms with Crippen molar-refractivity contribution < 1.29 is 14.7 Å². The highest BCUT2D eigenvalue weighted by Crippen LogP contribution is 2.27. The van der Waals surface area contributed by atoms with Gasteiger partial charge >= 0.3 is 0 Å². The van der Waals surface area contributed by atoms with Crippen LogP contribution in [0.4, 0.5) is 11.4 Å². The van der Waals surface area contributed by atoms with E-state index in [0.29, 0.717) is 6.42 Å². The Labute approximate surface area is 147 Å². The first-order valence-electron chi connectivity index (χ1n) is 8.35. The molecule has 2 rings (SSSR count). The molecule has 1 aromatic carbocycles. The van der Waals surface area contributed by atoms with Crippen molar-refractivity contribution in [3.05, 3.63) is 24.3 Å². The number of aliphatic hydroxyl groups is 1. The average Bonchev–Trinajstić information content (AvgIpc) is 2.54. The standard InChI is InChI=1S/C18H26N4O3/c1-18(2,11-23)15(19)10-16(24)21-17(25)14-8-9-22(14)13-6-4-12(20-3)5-7-13/h4-7,14,19-20,23H,8-11H2,1-3H3,(H,21,24,25). The zero-order chi connectivity index (χ0) is 18.6. The second kappa shape index (κ2) is 7.65. The van der Waals surface area contributed by atoms with Gasteiger partial charge in [-0.05, 0) is 30.7 Å². The van der Waals surface area contributed by atoms with Crippen LogP contribution in [0.15, 0.2) is 24.3 Å². The molecule has 1 aromatic rings. The molecule has 1 fully saturated rings. The molecular formula is C18H26N4O3. The quantitative estimate of drug-likeness (QED) is 0.558. The van der Waals surface area contributed by atoms with Gasteiger partial charge in [-0.25, -0.2) is 0 Å². The maximum Gasteiger partial charge on any atom is 0.249 e. The molecule has 7 heteroatoms. The molecule has 7 nitrogen and oxygen atoms in total. The Morgan fingerprint density at radius 2 is 1.96 bits per heavy atom. The average molecular weight is 346 g/mol. The lowest BCUT2D eigenvalue weighted by atomic mass is 9.86. The van der Waals surface area contributed by atoms with Gasteiger partial charge in [0.1, 0.15) is 6.04 Å². The first kappa shape index (κ1) is 18.9. The van der Waals surface area contributed by atoms with Crippen LogP contribution in [-0.4, -0.2) is 48.9 Å². The van der Waals surface area contributed by atoms with Crippen LogP contribution in [0.1, 0.15) is 26.7 Å². The third kappa shape index (κ3) is 4.36. The summed E-state index contributed by atoms with van der Waals surface area (Å²) in [7, 11) is 1.84. The van der Waals surface area contributed by atoms with Gasteiger partial charge in [-0.15, -0.1) is 0 Å². The first-order valence-corrected chi connectivity index (χ1v) is 8.35. The number of carbonyl (C=O) groups excluding carboxylic acids is 2. The molecular weight excluding hydrogens is 320 g/mol. The van der Waals surface area contributed by atoms with Gasteiger partial charge in [-0.2, -0.15) is 0 Å². The van der Waals surface area contributed by atoms with E-state index in [9.17, 15) is 14.7 Å². The summed E-state index contributed by atoms with van der Waals surface area (Å²) < 4.78 is 0. The molecule has 1 saturated heterocycles. The summed E-state index contributed by atoms with van der Waals surface area (Å²) in [5.41, 5.74) is 1.27. The Kier molecular flexibility index (Phi) is 5.79. The van der Waals surface area contributed by atoms with Crippen molar-refractivity contribution >= 4 is 28.9 Å².